The van der Waals surface area contributed by atoms with Crippen molar-refractivity contribution in [2.75, 3.05) is 6.61 Å². The zero-order valence-electron chi connectivity index (χ0n) is 28.9. The van der Waals surface area contributed by atoms with Gasteiger partial charge in [-0.3, -0.25) is 9.59 Å². The lowest BCUT2D eigenvalue weighted by Crippen LogP contribution is -2.23. The molecule has 0 saturated heterocycles. The standard InChI is InChI=1S/C37H56O6/c1-23(43-31(39)17-15-25-19-27(35(5,6)7)21-29(33(25)41)37(11,12)13)22-42-30(38)16-14-24-18-26(34(2,3)4)20-28(32(24)40)36(8,9)10/h18-21,23,40-41H,14-17,22H2,1-13H3. The van der Waals surface area contributed by atoms with E-state index in [0.717, 1.165) is 33.4 Å². The van der Waals surface area contributed by atoms with Crippen LogP contribution in [0.3, 0.4) is 0 Å². The average molecular weight is 597 g/mol. The highest BCUT2D eigenvalue weighted by atomic mass is 16.6. The van der Waals surface area contributed by atoms with Crippen molar-refractivity contribution in [2.45, 2.75) is 143 Å². The van der Waals surface area contributed by atoms with E-state index in [-0.39, 0.29) is 52.6 Å². The van der Waals surface area contributed by atoms with Crippen LogP contribution in [0.5, 0.6) is 11.5 Å². The third-order valence-corrected chi connectivity index (χ3v) is 7.73. The summed E-state index contributed by atoms with van der Waals surface area (Å²) in [5.41, 5.74) is 4.66. The second kappa shape index (κ2) is 13.3. The Hall–Kier alpha value is -3.02. The number of benzene rings is 2. The summed E-state index contributed by atoms with van der Waals surface area (Å²) in [6.07, 6.45) is 0.284. The average Bonchev–Trinajstić information content (AvgIpc) is 2.83. The van der Waals surface area contributed by atoms with Gasteiger partial charge in [0.15, 0.2) is 0 Å². The lowest BCUT2D eigenvalue weighted by atomic mass is 9.78. The molecule has 0 radical (unpaired) electrons. The van der Waals surface area contributed by atoms with Crippen LogP contribution in [0.15, 0.2) is 24.3 Å². The van der Waals surface area contributed by atoms with Gasteiger partial charge in [0, 0.05) is 12.8 Å². The van der Waals surface area contributed by atoms with Crippen molar-refractivity contribution >= 4 is 11.9 Å². The molecule has 2 N–H and O–H groups in total. The zero-order chi connectivity index (χ0) is 33.1. The first-order chi connectivity index (χ1) is 19.4. The van der Waals surface area contributed by atoms with Crippen LogP contribution in [-0.4, -0.2) is 34.9 Å². The molecular weight excluding hydrogens is 540 g/mol. The molecule has 43 heavy (non-hydrogen) atoms. The maximum absolute atomic E-state index is 12.6. The molecule has 2 aromatic rings. The predicted molar refractivity (Wildman–Crippen MR) is 174 cm³/mol. The lowest BCUT2D eigenvalue weighted by Gasteiger charge is -2.27. The SMILES string of the molecule is CC(COC(=O)CCc1cc(C(C)(C)C)cc(C(C)(C)C)c1O)OC(=O)CCc1cc(C(C)(C)C)cc(C(C)(C)C)c1O. The van der Waals surface area contributed by atoms with Gasteiger partial charge in [-0.05, 0) is 74.8 Å². The highest BCUT2D eigenvalue weighted by Gasteiger charge is 2.27. The molecule has 2 rings (SSSR count). The molecule has 0 bridgehead atoms. The van der Waals surface area contributed by atoms with Gasteiger partial charge in [0.1, 0.15) is 24.2 Å². The monoisotopic (exact) mass is 596 g/mol. The van der Waals surface area contributed by atoms with Crippen LogP contribution in [-0.2, 0) is 53.6 Å². The van der Waals surface area contributed by atoms with Crippen LogP contribution in [0.1, 0.15) is 136 Å². The summed E-state index contributed by atoms with van der Waals surface area (Å²) in [4.78, 5) is 25.2. The summed E-state index contributed by atoms with van der Waals surface area (Å²) in [5.74, 6) is -0.382. The van der Waals surface area contributed by atoms with Crippen molar-refractivity contribution in [1.29, 1.82) is 0 Å². The number of aromatic hydroxyl groups is 2. The van der Waals surface area contributed by atoms with Crippen molar-refractivity contribution in [2.24, 2.45) is 0 Å². The van der Waals surface area contributed by atoms with E-state index in [1.54, 1.807) is 6.92 Å². The molecule has 240 valence electrons. The van der Waals surface area contributed by atoms with Gasteiger partial charge in [-0.25, -0.2) is 0 Å². The highest BCUT2D eigenvalue weighted by molar-refractivity contribution is 5.71. The van der Waals surface area contributed by atoms with Gasteiger partial charge in [-0.1, -0.05) is 107 Å². The fourth-order valence-corrected chi connectivity index (χ4v) is 4.85. The summed E-state index contributed by atoms with van der Waals surface area (Å²) in [7, 11) is 0. The Morgan fingerprint density at radius 2 is 1.00 bits per heavy atom. The van der Waals surface area contributed by atoms with E-state index < -0.39 is 18.0 Å². The second-order valence-corrected chi connectivity index (χ2v) is 16.0. The maximum atomic E-state index is 12.6. The number of aryl methyl sites for hydroxylation is 2. The molecule has 0 aliphatic heterocycles. The van der Waals surface area contributed by atoms with E-state index >= 15 is 0 Å². The number of rotatable bonds is 9. The Morgan fingerprint density at radius 3 is 1.35 bits per heavy atom. The Labute approximate surface area is 260 Å². The molecule has 2 aromatic carbocycles. The van der Waals surface area contributed by atoms with Crippen LogP contribution in [0, 0.1) is 0 Å². The smallest absolute Gasteiger partial charge is 0.306 e. The van der Waals surface area contributed by atoms with Crippen LogP contribution in [0.4, 0.5) is 0 Å². The molecule has 0 aliphatic rings. The third-order valence-electron chi connectivity index (χ3n) is 7.73. The number of hydrogen-bond donors (Lipinski definition) is 2. The van der Waals surface area contributed by atoms with Gasteiger partial charge in [0.25, 0.3) is 0 Å². The van der Waals surface area contributed by atoms with Crippen molar-refractivity contribution in [3.8, 4) is 11.5 Å². The number of phenols is 2. The largest absolute Gasteiger partial charge is 0.507 e. The van der Waals surface area contributed by atoms with Crippen molar-refractivity contribution in [1.82, 2.24) is 0 Å². The van der Waals surface area contributed by atoms with E-state index in [2.05, 4.69) is 95.2 Å². The Balaban J connectivity index is 1.98. The molecule has 0 aromatic heterocycles. The van der Waals surface area contributed by atoms with Crippen LogP contribution in [0.2, 0.25) is 0 Å². The predicted octanol–water partition coefficient (Wildman–Crippen LogP) is 8.33. The van der Waals surface area contributed by atoms with Crippen LogP contribution in [0.25, 0.3) is 0 Å². The minimum atomic E-state index is -0.610. The van der Waals surface area contributed by atoms with Gasteiger partial charge >= 0.3 is 11.9 Å². The molecular formula is C37H56O6. The van der Waals surface area contributed by atoms with E-state index in [4.69, 9.17) is 9.47 Å². The minimum Gasteiger partial charge on any atom is -0.507 e. The van der Waals surface area contributed by atoms with Gasteiger partial charge < -0.3 is 19.7 Å². The number of phenolic OH excluding ortho intramolecular Hbond substituents is 2. The number of hydrogen-bond acceptors (Lipinski definition) is 6. The number of carbonyl (C=O) groups is 2. The third kappa shape index (κ3) is 10.3. The second-order valence-electron chi connectivity index (χ2n) is 16.0. The first kappa shape index (κ1) is 36.2. The number of esters is 2. The Kier molecular flexibility index (Phi) is 11.2. The summed E-state index contributed by atoms with van der Waals surface area (Å²) in [6, 6.07) is 8.06. The highest BCUT2D eigenvalue weighted by Crippen LogP contribution is 2.39. The summed E-state index contributed by atoms with van der Waals surface area (Å²) >= 11 is 0. The normalized spacial score (nSPS) is 13.5. The molecule has 0 fully saturated rings. The Morgan fingerprint density at radius 1 is 0.628 bits per heavy atom. The molecule has 0 heterocycles. The minimum absolute atomic E-state index is 0.0508. The van der Waals surface area contributed by atoms with E-state index in [9.17, 15) is 19.8 Å². The summed E-state index contributed by atoms with van der Waals surface area (Å²) in [5, 5.41) is 22.0. The van der Waals surface area contributed by atoms with Crippen molar-refractivity contribution in [3.05, 3.63) is 57.6 Å². The molecule has 0 amide bonds. The van der Waals surface area contributed by atoms with Gasteiger partial charge in [-0.2, -0.15) is 0 Å². The van der Waals surface area contributed by atoms with Crippen LogP contribution < -0.4 is 0 Å². The molecule has 1 atom stereocenters. The maximum Gasteiger partial charge on any atom is 0.306 e. The summed E-state index contributed by atoms with van der Waals surface area (Å²) < 4.78 is 10.9. The first-order valence-electron chi connectivity index (χ1n) is 15.5. The number of ether oxygens (including phenoxy) is 2. The molecule has 0 spiro atoms. The number of carbonyl (C=O) groups excluding carboxylic acids is 2. The van der Waals surface area contributed by atoms with Gasteiger partial charge in [-0.15, -0.1) is 0 Å². The van der Waals surface area contributed by atoms with E-state index in [0.29, 0.717) is 12.8 Å². The molecule has 6 heteroatoms. The van der Waals surface area contributed by atoms with E-state index in [1.807, 2.05) is 12.1 Å². The fourth-order valence-electron chi connectivity index (χ4n) is 4.85. The fraction of sp³-hybridized carbons (Fsp3) is 0.622. The Bertz CT molecular complexity index is 1290. The quantitative estimate of drug-likeness (QED) is 0.283. The van der Waals surface area contributed by atoms with Gasteiger partial charge in [0.2, 0.25) is 0 Å². The van der Waals surface area contributed by atoms with E-state index in [1.165, 1.54) is 0 Å². The van der Waals surface area contributed by atoms with Gasteiger partial charge in [0.05, 0.1) is 0 Å². The van der Waals surface area contributed by atoms with Crippen molar-refractivity contribution < 1.29 is 29.3 Å². The van der Waals surface area contributed by atoms with Crippen LogP contribution >= 0.6 is 0 Å². The lowest BCUT2D eigenvalue weighted by molar-refractivity contribution is -0.158. The topological polar surface area (TPSA) is 93.1 Å². The molecule has 1 unspecified atom stereocenters. The zero-order valence-corrected chi connectivity index (χ0v) is 28.9. The van der Waals surface area contributed by atoms with Crippen molar-refractivity contribution in [3.63, 3.8) is 0 Å². The molecule has 0 aliphatic carbocycles. The molecule has 6 nitrogen and oxygen atoms in total. The molecule has 0 saturated carbocycles. The first-order valence-corrected chi connectivity index (χ1v) is 15.5. The summed E-state index contributed by atoms with van der Waals surface area (Å²) in [6.45, 7) is 26.8.